The van der Waals surface area contributed by atoms with Crippen molar-refractivity contribution >= 4 is 7.82 Å². The zero-order valence-corrected chi connectivity index (χ0v) is 14.6. The average Bonchev–Trinajstić information content (AvgIpc) is 2.34. The van der Waals surface area contributed by atoms with E-state index < -0.39 is 7.82 Å². The summed E-state index contributed by atoms with van der Waals surface area (Å²) in [6, 6.07) is 13.7. The first-order valence-electron chi connectivity index (χ1n) is 5.80. The molecule has 0 atom stereocenters. The molecular formula is C14H16NaO4P. The van der Waals surface area contributed by atoms with Gasteiger partial charge in [-0.25, -0.2) is 4.57 Å². The number of hydrogen-bond acceptors (Lipinski definition) is 3. The summed E-state index contributed by atoms with van der Waals surface area (Å²) in [5.41, 5.74) is 2.08. The van der Waals surface area contributed by atoms with Crippen LogP contribution in [0, 0.1) is 13.8 Å². The fourth-order valence-electron chi connectivity index (χ4n) is 1.48. The fraction of sp³-hybridized carbons (Fsp3) is 0.143. The van der Waals surface area contributed by atoms with Gasteiger partial charge in [-0.2, -0.15) is 0 Å². The van der Waals surface area contributed by atoms with Gasteiger partial charge in [0.05, 0.1) is 0 Å². The summed E-state index contributed by atoms with van der Waals surface area (Å²) in [7, 11) is -4.17. The Balaban J connectivity index is 0.00000200. The molecule has 0 bridgehead atoms. The van der Waals surface area contributed by atoms with Crippen LogP contribution in [-0.4, -0.2) is 4.89 Å². The summed E-state index contributed by atoms with van der Waals surface area (Å²) in [6.07, 6.45) is 0. The van der Waals surface area contributed by atoms with Crippen LogP contribution in [0.1, 0.15) is 12.6 Å². The average molecular weight is 302 g/mol. The zero-order valence-electron chi connectivity index (χ0n) is 12.7. The molecule has 2 aromatic carbocycles. The Bertz CT molecular complexity index is 550. The van der Waals surface area contributed by atoms with Crippen LogP contribution >= 0.6 is 7.82 Å². The normalized spacial score (nSPS) is 10.6. The predicted molar refractivity (Wildman–Crippen MR) is 74.6 cm³/mol. The van der Waals surface area contributed by atoms with Crippen LogP contribution in [0.4, 0.5) is 0 Å². The van der Waals surface area contributed by atoms with Gasteiger partial charge >= 0.3 is 37.4 Å². The van der Waals surface area contributed by atoms with E-state index in [9.17, 15) is 9.46 Å². The summed E-state index contributed by atoms with van der Waals surface area (Å²) in [5, 5.41) is 0. The van der Waals surface area contributed by atoms with E-state index in [0.29, 0.717) is 11.5 Å². The molecule has 1 N–H and O–H groups in total. The monoisotopic (exact) mass is 302 g/mol. The van der Waals surface area contributed by atoms with Crippen LogP contribution in [0.25, 0.3) is 0 Å². The van der Waals surface area contributed by atoms with Gasteiger partial charge in [0.15, 0.2) is 0 Å². The van der Waals surface area contributed by atoms with Crippen molar-refractivity contribution in [1.82, 2.24) is 0 Å². The second kappa shape index (κ2) is 7.30. The minimum absolute atomic E-state index is 0. The Labute approximate surface area is 142 Å². The third-order valence-electron chi connectivity index (χ3n) is 2.48. The van der Waals surface area contributed by atoms with E-state index in [1.807, 2.05) is 13.8 Å². The molecule has 0 unspecified atom stereocenters. The topological polar surface area (TPSA) is 55.8 Å². The summed E-state index contributed by atoms with van der Waals surface area (Å²) in [4.78, 5) is 9.67. The van der Waals surface area contributed by atoms with Crippen molar-refractivity contribution in [2.75, 3.05) is 0 Å². The Hall–Kier alpha value is -0.770. The van der Waals surface area contributed by atoms with Crippen LogP contribution in [0.15, 0.2) is 48.5 Å². The first-order valence-corrected chi connectivity index (χ1v) is 7.29. The van der Waals surface area contributed by atoms with E-state index in [1.165, 1.54) is 0 Å². The second-order valence-corrected chi connectivity index (χ2v) is 5.58. The molecule has 102 valence electrons. The van der Waals surface area contributed by atoms with Crippen LogP contribution in [0.3, 0.4) is 0 Å². The Morgan fingerprint density at radius 3 is 1.45 bits per heavy atom. The number of benzene rings is 2. The largest absolute Gasteiger partial charge is 1.00 e. The quantitative estimate of drug-likeness (QED) is 0.676. The molecule has 0 fully saturated rings. The first kappa shape index (κ1) is 17.3. The maximum Gasteiger partial charge on any atom is 1.00 e. The van der Waals surface area contributed by atoms with Gasteiger partial charge in [-0.05, 0) is 38.1 Å². The van der Waals surface area contributed by atoms with E-state index in [1.54, 1.807) is 48.5 Å². The van der Waals surface area contributed by atoms with Gasteiger partial charge in [0.25, 0.3) is 0 Å². The van der Waals surface area contributed by atoms with Crippen LogP contribution in [-0.2, 0) is 4.57 Å². The van der Waals surface area contributed by atoms with E-state index >= 15 is 0 Å². The van der Waals surface area contributed by atoms with Gasteiger partial charge in [-0.1, -0.05) is 35.4 Å². The standard InChI is InChI=1S/C14H15O4P.Na.H/c1-11-3-7-13(8-4-11)17-19(15,16)18-14-9-5-12(2)6-10-14;;/h3-10H,1-2H3,(H,15,16);;/q;+1;-1. The van der Waals surface area contributed by atoms with Gasteiger partial charge in [0.2, 0.25) is 0 Å². The number of phosphoric ester groups is 1. The van der Waals surface area contributed by atoms with Crippen molar-refractivity contribution in [3.05, 3.63) is 59.7 Å². The molecule has 2 rings (SSSR count). The third kappa shape index (κ3) is 5.31. The Morgan fingerprint density at radius 2 is 1.15 bits per heavy atom. The van der Waals surface area contributed by atoms with Crippen molar-refractivity contribution in [1.29, 1.82) is 0 Å². The molecule has 0 aliphatic rings. The number of phosphoric acid groups is 1. The minimum atomic E-state index is -4.17. The molecule has 0 saturated heterocycles. The molecule has 0 heterocycles. The van der Waals surface area contributed by atoms with Crippen molar-refractivity contribution in [2.45, 2.75) is 13.8 Å². The Kier molecular flexibility index (Phi) is 6.31. The van der Waals surface area contributed by atoms with Gasteiger partial charge in [-0.15, -0.1) is 0 Å². The van der Waals surface area contributed by atoms with Gasteiger partial charge in [-0.3, -0.25) is 4.89 Å². The SMILES string of the molecule is Cc1ccc(OP(=O)(O)Oc2ccc(C)cc2)cc1.[H-].[Na+]. The van der Waals surface area contributed by atoms with Gasteiger partial charge in [0.1, 0.15) is 11.5 Å². The molecule has 20 heavy (non-hydrogen) atoms. The smallest absolute Gasteiger partial charge is 1.00 e. The maximum absolute atomic E-state index is 11.8. The molecule has 0 amide bonds. The Morgan fingerprint density at radius 1 is 0.850 bits per heavy atom. The van der Waals surface area contributed by atoms with Gasteiger partial charge < -0.3 is 10.5 Å². The molecule has 0 radical (unpaired) electrons. The summed E-state index contributed by atoms with van der Waals surface area (Å²) in [5.74, 6) is 0.590. The predicted octanol–water partition coefficient (Wildman–Crippen LogP) is 0.978. The molecule has 6 heteroatoms. The van der Waals surface area contributed by atoms with E-state index in [2.05, 4.69) is 0 Å². The number of hydrogen-bond donors (Lipinski definition) is 1. The molecular weight excluding hydrogens is 286 g/mol. The zero-order chi connectivity index (χ0) is 13.9. The number of rotatable bonds is 4. The molecule has 0 saturated carbocycles. The van der Waals surface area contributed by atoms with E-state index in [4.69, 9.17) is 9.05 Å². The van der Waals surface area contributed by atoms with Crippen molar-refractivity contribution in [3.63, 3.8) is 0 Å². The van der Waals surface area contributed by atoms with Crippen LogP contribution in [0.2, 0.25) is 0 Å². The fourth-order valence-corrected chi connectivity index (χ4v) is 2.30. The molecule has 0 aromatic heterocycles. The van der Waals surface area contributed by atoms with Crippen molar-refractivity contribution in [3.8, 4) is 11.5 Å². The summed E-state index contributed by atoms with van der Waals surface area (Å²) < 4.78 is 21.8. The van der Waals surface area contributed by atoms with Crippen molar-refractivity contribution < 1.29 is 49.5 Å². The number of aryl methyl sites for hydroxylation is 2. The van der Waals surface area contributed by atoms with Crippen molar-refractivity contribution in [2.24, 2.45) is 0 Å². The molecule has 2 aromatic rings. The summed E-state index contributed by atoms with van der Waals surface area (Å²) in [6.45, 7) is 3.84. The third-order valence-corrected chi connectivity index (χ3v) is 3.37. The molecule has 4 nitrogen and oxygen atoms in total. The maximum atomic E-state index is 11.8. The van der Waals surface area contributed by atoms with E-state index in [0.717, 1.165) is 11.1 Å². The van der Waals surface area contributed by atoms with Crippen LogP contribution < -0.4 is 38.6 Å². The molecule has 0 aliphatic heterocycles. The summed E-state index contributed by atoms with van der Waals surface area (Å²) >= 11 is 0. The molecule has 0 spiro atoms. The van der Waals surface area contributed by atoms with Crippen LogP contribution in [0.5, 0.6) is 11.5 Å². The minimum Gasteiger partial charge on any atom is -1.00 e. The van der Waals surface area contributed by atoms with E-state index in [-0.39, 0.29) is 31.0 Å². The van der Waals surface area contributed by atoms with Gasteiger partial charge in [0, 0.05) is 0 Å². The molecule has 0 aliphatic carbocycles. The second-order valence-electron chi connectivity index (χ2n) is 4.28. The first-order chi connectivity index (χ1) is 8.94.